The Morgan fingerprint density at radius 3 is 2.10 bits per heavy atom. The third-order valence-electron chi connectivity index (χ3n) is 3.21. The molecule has 1 rings (SSSR count). The molecule has 1 unspecified atom stereocenters. The van der Waals surface area contributed by atoms with E-state index >= 15 is 0 Å². The lowest BCUT2D eigenvalue weighted by Crippen LogP contribution is -2.46. The molecular formula is C16H24N2O3. The van der Waals surface area contributed by atoms with Crippen molar-refractivity contribution in [2.75, 3.05) is 5.32 Å². The SMILES string of the molecule is Cc1cc(C)cc(NC(=O)NC(CC(=O)O)C(C)(C)C)c1. The van der Waals surface area contributed by atoms with Crippen LogP contribution in [-0.2, 0) is 4.79 Å². The predicted molar refractivity (Wildman–Crippen MR) is 83.6 cm³/mol. The van der Waals surface area contributed by atoms with Crippen molar-refractivity contribution in [3.63, 3.8) is 0 Å². The lowest BCUT2D eigenvalue weighted by molar-refractivity contribution is -0.138. The number of aliphatic carboxylic acids is 1. The van der Waals surface area contributed by atoms with E-state index in [2.05, 4.69) is 10.6 Å². The molecule has 5 heteroatoms. The lowest BCUT2D eigenvalue weighted by atomic mass is 9.85. The first-order valence-corrected chi connectivity index (χ1v) is 6.95. The van der Waals surface area contributed by atoms with Gasteiger partial charge in [0.1, 0.15) is 0 Å². The van der Waals surface area contributed by atoms with Crippen molar-refractivity contribution in [2.45, 2.75) is 47.1 Å². The summed E-state index contributed by atoms with van der Waals surface area (Å²) < 4.78 is 0. The van der Waals surface area contributed by atoms with Gasteiger partial charge in [-0.2, -0.15) is 0 Å². The zero-order valence-corrected chi connectivity index (χ0v) is 13.3. The van der Waals surface area contributed by atoms with Crippen molar-refractivity contribution in [3.05, 3.63) is 29.3 Å². The Kier molecular flexibility index (Phi) is 5.35. The fraction of sp³-hybridized carbons (Fsp3) is 0.500. The number of carbonyl (C=O) groups is 2. The Morgan fingerprint density at radius 2 is 1.67 bits per heavy atom. The van der Waals surface area contributed by atoms with Gasteiger partial charge in [0.2, 0.25) is 0 Å². The highest BCUT2D eigenvalue weighted by Crippen LogP contribution is 2.22. The maximum Gasteiger partial charge on any atom is 0.319 e. The molecule has 0 aromatic heterocycles. The summed E-state index contributed by atoms with van der Waals surface area (Å²) >= 11 is 0. The average Bonchev–Trinajstić information content (AvgIpc) is 2.24. The minimum Gasteiger partial charge on any atom is -0.481 e. The van der Waals surface area contributed by atoms with E-state index in [9.17, 15) is 9.59 Å². The molecule has 0 saturated heterocycles. The fourth-order valence-electron chi connectivity index (χ4n) is 2.12. The summed E-state index contributed by atoms with van der Waals surface area (Å²) in [6.07, 6.45) is -0.107. The second-order valence-corrected chi connectivity index (χ2v) is 6.49. The molecule has 0 bridgehead atoms. The number of hydrogen-bond donors (Lipinski definition) is 3. The van der Waals surface area contributed by atoms with Crippen LogP contribution in [0, 0.1) is 19.3 Å². The van der Waals surface area contributed by atoms with Gasteiger partial charge in [-0.1, -0.05) is 26.8 Å². The molecule has 0 fully saturated rings. The Morgan fingerprint density at radius 1 is 1.14 bits per heavy atom. The molecule has 0 saturated carbocycles. The number of aryl methyl sites for hydroxylation is 2. The molecule has 116 valence electrons. The minimum atomic E-state index is -0.929. The highest BCUT2D eigenvalue weighted by atomic mass is 16.4. The number of anilines is 1. The van der Waals surface area contributed by atoms with Gasteiger partial charge in [0.25, 0.3) is 0 Å². The number of benzene rings is 1. The Labute approximate surface area is 125 Å². The molecule has 1 aromatic rings. The van der Waals surface area contributed by atoms with Crippen molar-refractivity contribution in [1.29, 1.82) is 0 Å². The molecular weight excluding hydrogens is 268 g/mol. The van der Waals surface area contributed by atoms with Crippen LogP contribution in [0.1, 0.15) is 38.3 Å². The van der Waals surface area contributed by atoms with Gasteiger partial charge in [-0.25, -0.2) is 4.79 Å². The van der Waals surface area contributed by atoms with E-state index in [1.165, 1.54) is 0 Å². The first-order valence-electron chi connectivity index (χ1n) is 6.95. The quantitative estimate of drug-likeness (QED) is 0.796. The monoisotopic (exact) mass is 292 g/mol. The van der Waals surface area contributed by atoms with Gasteiger partial charge in [-0.15, -0.1) is 0 Å². The number of amides is 2. The van der Waals surface area contributed by atoms with Crippen LogP contribution >= 0.6 is 0 Å². The van der Waals surface area contributed by atoms with Gasteiger partial charge in [0.15, 0.2) is 0 Å². The summed E-state index contributed by atoms with van der Waals surface area (Å²) in [6, 6.07) is 4.93. The van der Waals surface area contributed by atoms with Gasteiger partial charge in [-0.05, 0) is 42.5 Å². The van der Waals surface area contributed by atoms with Gasteiger partial charge in [0, 0.05) is 11.7 Å². The third kappa shape index (κ3) is 5.85. The predicted octanol–water partition coefficient (Wildman–Crippen LogP) is 3.31. The number of hydrogen-bond acceptors (Lipinski definition) is 2. The van der Waals surface area contributed by atoms with Crippen molar-refractivity contribution in [3.8, 4) is 0 Å². The lowest BCUT2D eigenvalue weighted by Gasteiger charge is -2.30. The minimum absolute atomic E-state index is 0.107. The Bertz CT molecular complexity index is 513. The summed E-state index contributed by atoms with van der Waals surface area (Å²) in [5.74, 6) is -0.929. The maximum absolute atomic E-state index is 12.1. The zero-order chi connectivity index (χ0) is 16.2. The van der Waals surface area contributed by atoms with Crippen LogP contribution in [0.25, 0.3) is 0 Å². The van der Waals surface area contributed by atoms with Gasteiger partial charge < -0.3 is 15.7 Å². The molecule has 0 radical (unpaired) electrons. The maximum atomic E-state index is 12.1. The van der Waals surface area contributed by atoms with Crippen molar-refractivity contribution >= 4 is 17.7 Å². The number of urea groups is 1. The topological polar surface area (TPSA) is 78.4 Å². The van der Waals surface area contributed by atoms with Crippen LogP contribution in [0.2, 0.25) is 0 Å². The number of carboxylic acids is 1. The normalized spacial score (nSPS) is 12.6. The van der Waals surface area contributed by atoms with Gasteiger partial charge in [0.05, 0.1) is 6.42 Å². The standard InChI is InChI=1S/C16H24N2O3/c1-10-6-11(2)8-12(7-10)17-15(21)18-13(9-14(19)20)16(3,4)5/h6-8,13H,9H2,1-5H3,(H,19,20)(H2,17,18,21). The van der Waals surface area contributed by atoms with Crippen LogP contribution in [0.4, 0.5) is 10.5 Å². The largest absolute Gasteiger partial charge is 0.481 e. The van der Waals surface area contributed by atoms with E-state index in [4.69, 9.17) is 5.11 Å². The number of nitrogens with one attached hydrogen (secondary N) is 2. The number of rotatable bonds is 4. The van der Waals surface area contributed by atoms with Crippen molar-refractivity contribution in [2.24, 2.45) is 5.41 Å². The summed E-state index contributed by atoms with van der Waals surface area (Å²) in [4.78, 5) is 23.0. The highest BCUT2D eigenvalue weighted by Gasteiger charge is 2.28. The van der Waals surface area contributed by atoms with E-state index in [-0.39, 0.29) is 17.9 Å². The summed E-state index contributed by atoms with van der Waals surface area (Å²) in [5, 5.41) is 14.5. The van der Waals surface area contributed by atoms with Crippen LogP contribution in [0.15, 0.2) is 18.2 Å². The summed E-state index contributed by atoms with van der Waals surface area (Å²) in [7, 11) is 0. The van der Waals surface area contributed by atoms with Crippen molar-refractivity contribution < 1.29 is 14.7 Å². The van der Waals surface area contributed by atoms with Crippen LogP contribution < -0.4 is 10.6 Å². The van der Waals surface area contributed by atoms with E-state index in [1.54, 1.807) is 0 Å². The smallest absolute Gasteiger partial charge is 0.319 e. The molecule has 0 aliphatic heterocycles. The molecule has 5 nitrogen and oxygen atoms in total. The van der Waals surface area contributed by atoms with E-state index in [0.717, 1.165) is 11.1 Å². The highest BCUT2D eigenvalue weighted by molar-refractivity contribution is 5.90. The summed E-state index contributed by atoms with van der Waals surface area (Å²) in [5.41, 5.74) is 2.48. The Hall–Kier alpha value is -2.04. The molecule has 21 heavy (non-hydrogen) atoms. The van der Waals surface area contributed by atoms with E-state index < -0.39 is 12.0 Å². The third-order valence-corrected chi connectivity index (χ3v) is 3.21. The number of carbonyl (C=O) groups excluding carboxylic acids is 1. The van der Waals surface area contributed by atoms with E-state index in [1.807, 2.05) is 52.8 Å². The molecule has 1 aromatic carbocycles. The van der Waals surface area contributed by atoms with Crippen molar-refractivity contribution in [1.82, 2.24) is 5.32 Å². The first kappa shape index (κ1) is 17.0. The van der Waals surface area contributed by atoms with E-state index in [0.29, 0.717) is 5.69 Å². The first-order chi connectivity index (χ1) is 9.57. The van der Waals surface area contributed by atoms with Crippen LogP contribution in [0.3, 0.4) is 0 Å². The van der Waals surface area contributed by atoms with Gasteiger partial charge >= 0.3 is 12.0 Å². The number of carboxylic acid groups (broad SMARTS) is 1. The second kappa shape index (κ2) is 6.61. The molecule has 1 atom stereocenters. The molecule has 0 spiro atoms. The Balaban J connectivity index is 2.76. The molecule has 0 heterocycles. The zero-order valence-electron chi connectivity index (χ0n) is 13.3. The van der Waals surface area contributed by atoms with Crippen LogP contribution in [0.5, 0.6) is 0 Å². The van der Waals surface area contributed by atoms with Gasteiger partial charge in [-0.3, -0.25) is 4.79 Å². The summed E-state index contributed by atoms with van der Waals surface area (Å²) in [6.45, 7) is 9.62. The molecule has 2 amide bonds. The molecule has 0 aliphatic rings. The van der Waals surface area contributed by atoms with Crippen LogP contribution in [-0.4, -0.2) is 23.1 Å². The average molecular weight is 292 g/mol. The fourth-order valence-corrected chi connectivity index (χ4v) is 2.12. The molecule has 0 aliphatic carbocycles. The molecule has 3 N–H and O–H groups in total. The second-order valence-electron chi connectivity index (χ2n) is 6.49.